The van der Waals surface area contributed by atoms with Crippen molar-refractivity contribution in [2.24, 2.45) is 0 Å². The number of hydrogen-bond acceptors (Lipinski definition) is 6. The van der Waals surface area contributed by atoms with Crippen molar-refractivity contribution >= 4 is 13.8 Å². The van der Waals surface area contributed by atoms with Crippen LogP contribution in [0.1, 0.15) is 66.7 Å². The zero-order valence-corrected chi connectivity index (χ0v) is 18.8. The van der Waals surface area contributed by atoms with Crippen LogP contribution in [0.15, 0.2) is 0 Å². The van der Waals surface area contributed by atoms with Crippen LogP contribution in [0.3, 0.4) is 0 Å². The lowest BCUT2D eigenvalue weighted by Crippen LogP contribution is -2.42. The molecule has 29 heavy (non-hydrogen) atoms. The number of aliphatic hydroxyl groups excluding tert-OH is 1. The monoisotopic (exact) mass is 413 g/mol. The predicted octanol–water partition coefficient (Wildman–Crippen LogP) is 1.93. The zero-order chi connectivity index (χ0) is 21.8. The molecule has 0 saturated carbocycles. The van der Waals surface area contributed by atoms with Gasteiger partial charge < -0.3 is 29.4 Å². The minimum absolute atomic E-state index is 0.00542. The standard InChI is InChI=1S/C21H40BNO6/c1-6-7-8-9-18(25)23-16(12-24)10-11-26-20-19(28-15(4)5)17(29-21(20)22)13-27-14(2)3/h14-17,19-21,24H,6-13H2,1-5H3,(H,23,25)/t16?,17-,19?,20+,21-/m1/s1. The topological polar surface area (TPSA) is 86.2 Å². The van der Waals surface area contributed by atoms with Crippen LogP contribution in [0.2, 0.25) is 0 Å². The summed E-state index contributed by atoms with van der Waals surface area (Å²) in [5.41, 5.74) is 0. The van der Waals surface area contributed by atoms with E-state index in [0.717, 1.165) is 19.3 Å². The number of unbranched alkanes of at least 4 members (excludes halogenated alkanes) is 2. The van der Waals surface area contributed by atoms with Gasteiger partial charge in [0, 0.05) is 19.0 Å². The van der Waals surface area contributed by atoms with Gasteiger partial charge in [-0.2, -0.15) is 0 Å². The Kier molecular flexibility index (Phi) is 13.1. The molecule has 0 spiro atoms. The van der Waals surface area contributed by atoms with Gasteiger partial charge in [-0.15, -0.1) is 0 Å². The van der Waals surface area contributed by atoms with Gasteiger partial charge in [-0.1, -0.05) is 19.8 Å². The van der Waals surface area contributed by atoms with Gasteiger partial charge in [-0.05, 0) is 40.5 Å². The quantitative estimate of drug-likeness (QED) is 0.315. The molecule has 0 aliphatic carbocycles. The maximum Gasteiger partial charge on any atom is 0.220 e. The molecule has 1 aliphatic heterocycles. The molecule has 1 rings (SSSR count). The average Bonchev–Trinajstić information content (AvgIpc) is 2.93. The number of ether oxygens (including phenoxy) is 4. The highest BCUT2D eigenvalue weighted by Crippen LogP contribution is 2.27. The smallest absolute Gasteiger partial charge is 0.220 e. The van der Waals surface area contributed by atoms with E-state index in [1.807, 2.05) is 27.7 Å². The Labute approximate surface area is 177 Å². The number of aliphatic hydroxyl groups is 1. The molecule has 8 heteroatoms. The molecule has 2 radical (unpaired) electrons. The number of amides is 1. The van der Waals surface area contributed by atoms with Crippen molar-refractivity contribution in [2.45, 2.75) is 109 Å². The van der Waals surface area contributed by atoms with Gasteiger partial charge in [0.25, 0.3) is 0 Å². The summed E-state index contributed by atoms with van der Waals surface area (Å²) < 4.78 is 23.5. The van der Waals surface area contributed by atoms with Gasteiger partial charge in [0.1, 0.15) is 26.2 Å². The van der Waals surface area contributed by atoms with Crippen LogP contribution in [0, 0.1) is 0 Å². The van der Waals surface area contributed by atoms with E-state index in [-0.39, 0.29) is 43.0 Å². The van der Waals surface area contributed by atoms with Crippen molar-refractivity contribution in [3.05, 3.63) is 0 Å². The van der Waals surface area contributed by atoms with Crippen molar-refractivity contribution in [2.75, 3.05) is 19.8 Å². The first-order valence-corrected chi connectivity index (χ1v) is 11.0. The van der Waals surface area contributed by atoms with Gasteiger partial charge in [0.15, 0.2) is 0 Å². The Bertz CT molecular complexity index is 451. The third kappa shape index (κ3) is 10.3. The second-order valence-electron chi connectivity index (χ2n) is 8.20. The molecule has 0 bridgehead atoms. The second-order valence-corrected chi connectivity index (χ2v) is 8.20. The van der Waals surface area contributed by atoms with E-state index in [1.54, 1.807) is 0 Å². The highest BCUT2D eigenvalue weighted by Gasteiger charge is 2.44. The molecule has 2 unspecified atom stereocenters. The van der Waals surface area contributed by atoms with E-state index in [1.165, 1.54) is 0 Å². The summed E-state index contributed by atoms with van der Waals surface area (Å²) >= 11 is 0. The summed E-state index contributed by atoms with van der Waals surface area (Å²) in [6.45, 7) is 10.5. The number of rotatable bonds is 15. The molecule has 1 fully saturated rings. The first-order chi connectivity index (χ1) is 13.8. The molecular weight excluding hydrogens is 373 g/mol. The number of carbonyl (C=O) groups is 1. The summed E-state index contributed by atoms with van der Waals surface area (Å²) in [4.78, 5) is 12.0. The van der Waals surface area contributed by atoms with Crippen molar-refractivity contribution in [3.63, 3.8) is 0 Å². The fourth-order valence-corrected chi connectivity index (χ4v) is 3.24. The number of hydrogen-bond donors (Lipinski definition) is 2. The lowest BCUT2D eigenvalue weighted by atomic mass is 9.92. The molecule has 7 nitrogen and oxygen atoms in total. The minimum atomic E-state index is -0.615. The fourth-order valence-electron chi connectivity index (χ4n) is 3.24. The molecule has 1 saturated heterocycles. The summed E-state index contributed by atoms with van der Waals surface area (Å²) in [6.07, 6.45) is 2.93. The lowest BCUT2D eigenvalue weighted by Gasteiger charge is -2.27. The third-order valence-electron chi connectivity index (χ3n) is 4.74. The predicted molar refractivity (Wildman–Crippen MR) is 113 cm³/mol. The average molecular weight is 413 g/mol. The van der Waals surface area contributed by atoms with Crippen molar-refractivity contribution in [1.29, 1.82) is 0 Å². The van der Waals surface area contributed by atoms with Crippen LogP contribution in [0.5, 0.6) is 0 Å². The maximum absolute atomic E-state index is 12.0. The van der Waals surface area contributed by atoms with Gasteiger partial charge in [-0.3, -0.25) is 4.79 Å². The Morgan fingerprint density at radius 1 is 1.17 bits per heavy atom. The molecule has 1 heterocycles. The van der Waals surface area contributed by atoms with Crippen LogP contribution in [0.25, 0.3) is 0 Å². The van der Waals surface area contributed by atoms with Crippen LogP contribution in [-0.4, -0.2) is 81.2 Å². The highest BCUT2D eigenvalue weighted by molar-refractivity contribution is 6.11. The molecule has 5 atom stereocenters. The molecule has 2 N–H and O–H groups in total. The summed E-state index contributed by atoms with van der Waals surface area (Å²) in [6, 6.07) is -0.956. The SMILES string of the molecule is [B][C@@H]1O[C@H](COC(C)C)C(OC(C)C)[C@@H]1OCCC(CO)NC(=O)CCCCC. The van der Waals surface area contributed by atoms with Gasteiger partial charge in [0.05, 0.1) is 31.5 Å². The lowest BCUT2D eigenvalue weighted by molar-refractivity contribution is -0.122. The summed E-state index contributed by atoms with van der Waals surface area (Å²) in [7, 11) is 6.14. The molecule has 168 valence electrons. The Balaban J connectivity index is 2.52. The van der Waals surface area contributed by atoms with E-state index in [4.69, 9.17) is 26.8 Å². The molecule has 0 aromatic rings. The molecule has 1 amide bonds. The van der Waals surface area contributed by atoms with Crippen LogP contribution < -0.4 is 5.32 Å². The fraction of sp³-hybridized carbons (Fsp3) is 0.952. The van der Waals surface area contributed by atoms with Crippen molar-refractivity contribution in [1.82, 2.24) is 5.32 Å². The maximum atomic E-state index is 12.0. The van der Waals surface area contributed by atoms with Gasteiger partial charge >= 0.3 is 0 Å². The van der Waals surface area contributed by atoms with Crippen molar-refractivity contribution in [3.8, 4) is 0 Å². The van der Waals surface area contributed by atoms with Gasteiger partial charge in [-0.25, -0.2) is 0 Å². The molecule has 1 aliphatic rings. The first-order valence-electron chi connectivity index (χ1n) is 11.0. The summed E-state index contributed by atoms with van der Waals surface area (Å²) in [5, 5.41) is 12.4. The molecule has 0 aromatic heterocycles. The number of nitrogens with one attached hydrogen (secondary N) is 1. The minimum Gasteiger partial charge on any atom is -0.394 e. The van der Waals surface area contributed by atoms with Crippen LogP contribution >= 0.6 is 0 Å². The Morgan fingerprint density at radius 3 is 2.48 bits per heavy atom. The third-order valence-corrected chi connectivity index (χ3v) is 4.74. The highest BCUT2D eigenvalue weighted by atomic mass is 16.6. The van der Waals surface area contributed by atoms with E-state index >= 15 is 0 Å². The molecule has 0 aromatic carbocycles. The largest absolute Gasteiger partial charge is 0.394 e. The second kappa shape index (κ2) is 14.4. The zero-order valence-electron chi connectivity index (χ0n) is 18.8. The van der Waals surface area contributed by atoms with E-state index in [0.29, 0.717) is 26.1 Å². The van der Waals surface area contributed by atoms with E-state index in [9.17, 15) is 9.90 Å². The first kappa shape index (κ1) is 26.4. The van der Waals surface area contributed by atoms with E-state index < -0.39 is 12.1 Å². The van der Waals surface area contributed by atoms with E-state index in [2.05, 4.69) is 12.2 Å². The van der Waals surface area contributed by atoms with Crippen LogP contribution in [0.4, 0.5) is 0 Å². The Hall–Kier alpha value is -0.665. The molecular formula is C21H40BNO6. The summed E-state index contributed by atoms with van der Waals surface area (Å²) in [5.74, 6) is -0.0367. The number of carbonyl (C=O) groups excluding carboxylic acids is 1. The van der Waals surface area contributed by atoms with Crippen LogP contribution in [-0.2, 0) is 23.7 Å². The normalized spacial score (nSPS) is 25.7. The Morgan fingerprint density at radius 2 is 1.90 bits per heavy atom. The van der Waals surface area contributed by atoms with Gasteiger partial charge in [0.2, 0.25) is 5.91 Å². The van der Waals surface area contributed by atoms with Crippen molar-refractivity contribution < 1.29 is 28.8 Å².